The van der Waals surface area contributed by atoms with Crippen LogP contribution < -0.4 is 19.8 Å². The molecule has 3 aromatic rings. The molecule has 0 bridgehead atoms. The Morgan fingerprint density at radius 3 is 2.72 bits per heavy atom. The first-order chi connectivity index (χ1) is 12.0. The molecule has 0 spiro atoms. The first kappa shape index (κ1) is 15.7. The van der Waals surface area contributed by atoms with Gasteiger partial charge in [0.05, 0.1) is 4.90 Å². The van der Waals surface area contributed by atoms with Gasteiger partial charge in [-0.15, -0.1) is 0 Å². The van der Waals surface area contributed by atoms with E-state index in [4.69, 9.17) is 9.47 Å². The number of rotatable bonds is 4. The summed E-state index contributed by atoms with van der Waals surface area (Å²) in [7, 11) is -3.69. The number of hydrogen-bond donors (Lipinski definition) is 2. The molecule has 0 saturated carbocycles. The van der Waals surface area contributed by atoms with Crippen LogP contribution >= 0.6 is 0 Å². The van der Waals surface area contributed by atoms with Crippen LogP contribution in [0.15, 0.2) is 58.2 Å². The second-order valence-corrected chi connectivity index (χ2v) is 7.35. The Labute approximate surface area is 143 Å². The highest BCUT2D eigenvalue weighted by Crippen LogP contribution is 2.32. The van der Waals surface area contributed by atoms with Crippen LogP contribution in [0.5, 0.6) is 11.5 Å². The molecule has 0 amide bonds. The molecular formula is C17H14N2O5S. The van der Waals surface area contributed by atoms with E-state index in [-0.39, 0.29) is 23.8 Å². The van der Waals surface area contributed by atoms with Gasteiger partial charge in [0.2, 0.25) is 22.4 Å². The first-order valence-electron chi connectivity index (χ1n) is 7.53. The summed E-state index contributed by atoms with van der Waals surface area (Å²) in [5, 5.41) is 0.644. The number of ether oxygens (including phenoxy) is 2. The molecule has 0 fully saturated rings. The lowest BCUT2D eigenvalue weighted by Gasteiger charge is -2.08. The van der Waals surface area contributed by atoms with Crippen molar-refractivity contribution in [3.63, 3.8) is 0 Å². The highest BCUT2D eigenvalue weighted by molar-refractivity contribution is 7.89. The lowest BCUT2D eigenvalue weighted by atomic mass is 10.2. The molecule has 2 heterocycles. The van der Waals surface area contributed by atoms with Gasteiger partial charge < -0.3 is 14.5 Å². The molecule has 0 aliphatic carbocycles. The van der Waals surface area contributed by atoms with Gasteiger partial charge >= 0.3 is 0 Å². The van der Waals surface area contributed by atoms with Crippen molar-refractivity contribution >= 4 is 20.9 Å². The van der Waals surface area contributed by atoms with Crippen molar-refractivity contribution in [2.75, 3.05) is 6.79 Å². The first-order valence-corrected chi connectivity index (χ1v) is 9.01. The van der Waals surface area contributed by atoms with E-state index in [1.807, 2.05) is 0 Å². The molecule has 0 saturated heterocycles. The van der Waals surface area contributed by atoms with Crippen molar-refractivity contribution in [2.45, 2.75) is 11.4 Å². The van der Waals surface area contributed by atoms with Crippen LogP contribution in [0.3, 0.4) is 0 Å². The zero-order valence-corrected chi connectivity index (χ0v) is 13.8. The topological polar surface area (TPSA) is 97.5 Å². The van der Waals surface area contributed by atoms with Gasteiger partial charge in [0.15, 0.2) is 11.5 Å². The standard InChI is InChI=1S/C17H14N2O5S/c20-17-6-2-12-8-13(3-4-14(12)19-17)25(21,22)18-9-11-1-5-15-16(7-11)24-10-23-15/h1-8,18H,9-10H2,(H,19,20). The molecule has 7 nitrogen and oxygen atoms in total. The van der Waals surface area contributed by atoms with Crippen LogP contribution in [0.4, 0.5) is 0 Å². The summed E-state index contributed by atoms with van der Waals surface area (Å²) >= 11 is 0. The molecule has 2 N–H and O–H groups in total. The van der Waals surface area contributed by atoms with Gasteiger partial charge in [-0.3, -0.25) is 4.79 Å². The van der Waals surface area contributed by atoms with E-state index < -0.39 is 10.0 Å². The monoisotopic (exact) mass is 358 g/mol. The van der Waals surface area contributed by atoms with E-state index in [1.54, 1.807) is 30.3 Å². The van der Waals surface area contributed by atoms with E-state index in [1.165, 1.54) is 18.2 Å². The normalized spacial score (nSPS) is 13.3. The number of fused-ring (bicyclic) bond motifs is 2. The lowest BCUT2D eigenvalue weighted by Crippen LogP contribution is -2.23. The van der Waals surface area contributed by atoms with Crippen LogP contribution in [0, 0.1) is 0 Å². The summed E-state index contributed by atoms with van der Waals surface area (Å²) in [5.74, 6) is 1.25. The molecule has 2 aromatic carbocycles. The van der Waals surface area contributed by atoms with Crippen molar-refractivity contribution in [3.8, 4) is 11.5 Å². The number of hydrogen-bond acceptors (Lipinski definition) is 5. The van der Waals surface area contributed by atoms with E-state index in [2.05, 4.69) is 9.71 Å². The minimum atomic E-state index is -3.69. The largest absolute Gasteiger partial charge is 0.454 e. The highest BCUT2D eigenvalue weighted by atomic mass is 32.2. The summed E-state index contributed by atoms with van der Waals surface area (Å²) in [6, 6.07) is 12.8. The molecule has 4 rings (SSSR count). The average Bonchev–Trinajstić information content (AvgIpc) is 3.07. The van der Waals surface area contributed by atoms with E-state index in [0.717, 1.165) is 5.56 Å². The Morgan fingerprint density at radius 2 is 1.84 bits per heavy atom. The molecule has 25 heavy (non-hydrogen) atoms. The van der Waals surface area contributed by atoms with Crippen molar-refractivity contribution in [3.05, 3.63) is 64.4 Å². The Kier molecular flexibility index (Phi) is 3.70. The van der Waals surface area contributed by atoms with Gasteiger partial charge in [-0.2, -0.15) is 0 Å². The Balaban J connectivity index is 1.57. The smallest absolute Gasteiger partial charge is 0.248 e. The van der Waals surface area contributed by atoms with Gasteiger partial charge in [0.25, 0.3) is 0 Å². The maximum absolute atomic E-state index is 12.5. The van der Waals surface area contributed by atoms with Crippen LogP contribution in [-0.4, -0.2) is 20.2 Å². The summed E-state index contributed by atoms with van der Waals surface area (Å²) in [5.41, 5.74) is 1.12. The van der Waals surface area contributed by atoms with Crippen molar-refractivity contribution in [1.82, 2.24) is 9.71 Å². The quantitative estimate of drug-likeness (QED) is 0.740. The zero-order valence-electron chi connectivity index (χ0n) is 13.0. The van der Waals surface area contributed by atoms with E-state index in [9.17, 15) is 13.2 Å². The van der Waals surface area contributed by atoms with Crippen LogP contribution in [0.25, 0.3) is 10.9 Å². The Bertz CT molecular complexity index is 1120. The third-order valence-corrected chi connectivity index (χ3v) is 5.31. The van der Waals surface area contributed by atoms with E-state index >= 15 is 0 Å². The van der Waals surface area contributed by atoms with Gasteiger partial charge in [0, 0.05) is 18.1 Å². The van der Waals surface area contributed by atoms with Gasteiger partial charge in [-0.05, 0) is 47.3 Å². The SMILES string of the molecule is O=c1ccc2cc(S(=O)(=O)NCc3ccc4c(c3)OCO4)ccc2[nH]1. The molecule has 0 radical (unpaired) electrons. The van der Waals surface area contributed by atoms with Gasteiger partial charge in [0.1, 0.15) is 0 Å². The second kappa shape index (κ2) is 5.91. The second-order valence-electron chi connectivity index (χ2n) is 5.58. The third-order valence-electron chi connectivity index (χ3n) is 3.91. The molecule has 0 unspecified atom stereocenters. The van der Waals surface area contributed by atoms with Crippen molar-refractivity contribution in [2.24, 2.45) is 0 Å². The minimum absolute atomic E-state index is 0.128. The molecule has 128 valence electrons. The van der Waals surface area contributed by atoms with Crippen LogP contribution in [0.1, 0.15) is 5.56 Å². The van der Waals surface area contributed by atoms with Gasteiger partial charge in [-0.1, -0.05) is 6.07 Å². The minimum Gasteiger partial charge on any atom is -0.454 e. The van der Waals surface area contributed by atoms with Gasteiger partial charge in [-0.25, -0.2) is 13.1 Å². The number of benzene rings is 2. The molecular weight excluding hydrogens is 344 g/mol. The Hall–Kier alpha value is -2.84. The van der Waals surface area contributed by atoms with Crippen LogP contribution in [-0.2, 0) is 16.6 Å². The fraction of sp³-hybridized carbons (Fsp3) is 0.118. The summed E-state index contributed by atoms with van der Waals surface area (Å²) in [4.78, 5) is 14.1. The third kappa shape index (κ3) is 3.09. The maximum atomic E-state index is 12.5. The molecule has 1 aromatic heterocycles. The number of nitrogens with one attached hydrogen (secondary N) is 2. The molecule has 1 aliphatic heterocycles. The number of H-pyrrole nitrogens is 1. The maximum Gasteiger partial charge on any atom is 0.248 e. The van der Waals surface area contributed by atoms with Crippen molar-refractivity contribution < 1.29 is 17.9 Å². The van der Waals surface area contributed by atoms with Crippen LogP contribution in [0.2, 0.25) is 0 Å². The Morgan fingerprint density at radius 1 is 1.00 bits per heavy atom. The zero-order chi connectivity index (χ0) is 17.4. The number of sulfonamides is 1. The molecule has 0 atom stereocenters. The summed E-state index contributed by atoms with van der Waals surface area (Å²) < 4.78 is 38.1. The summed E-state index contributed by atoms with van der Waals surface area (Å²) in [6.45, 7) is 0.298. The predicted molar refractivity (Wildman–Crippen MR) is 91.2 cm³/mol. The number of aromatic amines is 1. The average molecular weight is 358 g/mol. The highest BCUT2D eigenvalue weighted by Gasteiger charge is 2.17. The summed E-state index contributed by atoms with van der Waals surface area (Å²) in [6.07, 6.45) is 0. The predicted octanol–water partition coefficient (Wildman–Crippen LogP) is 1.74. The fourth-order valence-electron chi connectivity index (χ4n) is 2.61. The van der Waals surface area contributed by atoms with Crippen molar-refractivity contribution in [1.29, 1.82) is 0 Å². The fourth-order valence-corrected chi connectivity index (χ4v) is 3.66. The van der Waals surface area contributed by atoms with E-state index in [0.29, 0.717) is 22.4 Å². The molecule has 8 heteroatoms. The lowest BCUT2D eigenvalue weighted by molar-refractivity contribution is 0.174. The number of pyridine rings is 1. The molecule has 1 aliphatic rings. The number of aromatic nitrogens is 1.